The van der Waals surface area contributed by atoms with Crippen LogP contribution in [0.4, 0.5) is 5.13 Å². The fourth-order valence-corrected chi connectivity index (χ4v) is 2.33. The van der Waals surface area contributed by atoms with Crippen LogP contribution in [0.3, 0.4) is 0 Å². The second-order valence-corrected chi connectivity index (χ2v) is 4.90. The van der Waals surface area contributed by atoms with Gasteiger partial charge >= 0.3 is 5.97 Å². The molecule has 0 spiro atoms. The van der Waals surface area contributed by atoms with Crippen LogP contribution in [-0.4, -0.2) is 22.0 Å². The number of hydrogen-bond donors (Lipinski definition) is 2. The summed E-state index contributed by atoms with van der Waals surface area (Å²) >= 11 is 1.33. The molecule has 0 saturated heterocycles. The molecule has 6 heteroatoms. The van der Waals surface area contributed by atoms with Crippen molar-refractivity contribution in [3.8, 4) is 0 Å². The third-order valence-electron chi connectivity index (χ3n) is 2.73. The monoisotopic (exact) mass is 270 g/mol. The number of carboxylic acids is 1. The number of carbonyl (C=O) groups excluding carboxylic acids is 1. The van der Waals surface area contributed by atoms with Crippen LogP contribution >= 0.6 is 11.3 Å². The van der Waals surface area contributed by atoms with Crippen LogP contribution in [0.1, 0.15) is 38.8 Å². The second-order valence-electron chi connectivity index (χ2n) is 4.04. The molecule has 1 amide bonds. The summed E-state index contributed by atoms with van der Waals surface area (Å²) in [6.45, 7) is 3.96. The molecule has 1 rings (SSSR count). The van der Waals surface area contributed by atoms with E-state index in [1.165, 1.54) is 11.3 Å². The molecular formula is C12H18N2O3S. The SMILES string of the molecule is CCC(CC)C(=O)Nc1nc(CCC(=O)O)cs1. The minimum atomic E-state index is -0.842. The topological polar surface area (TPSA) is 79.3 Å². The van der Waals surface area contributed by atoms with E-state index in [1.54, 1.807) is 5.38 Å². The minimum Gasteiger partial charge on any atom is -0.481 e. The number of hydrogen-bond acceptors (Lipinski definition) is 4. The van der Waals surface area contributed by atoms with Crippen LogP contribution in [0.2, 0.25) is 0 Å². The first-order valence-electron chi connectivity index (χ1n) is 6.03. The van der Waals surface area contributed by atoms with Gasteiger partial charge in [-0.05, 0) is 12.8 Å². The highest BCUT2D eigenvalue weighted by Gasteiger charge is 2.15. The Morgan fingerprint density at radius 1 is 1.44 bits per heavy atom. The maximum Gasteiger partial charge on any atom is 0.303 e. The van der Waals surface area contributed by atoms with Crippen molar-refractivity contribution in [3.63, 3.8) is 0 Å². The van der Waals surface area contributed by atoms with Crippen molar-refractivity contribution < 1.29 is 14.7 Å². The van der Waals surface area contributed by atoms with Gasteiger partial charge in [0.1, 0.15) is 0 Å². The maximum absolute atomic E-state index is 11.8. The molecular weight excluding hydrogens is 252 g/mol. The molecule has 100 valence electrons. The number of carboxylic acid groups (broad SMARTS) is 1. The zero-order valence-corrected chi connectivity index (χ0v) is 11.4. The predicted octanol–water partition coefficient (Wildman–Crippen LogP) is 2.54. The third kappa shape index (κ3) is 4.44. The van der Waals surface area contributed by atoms with Gasteiger partial charge in [-0.2, -0.15) is 0 Å². The Kier molecular flexibility index (Phi) is 5.77. The highest BCUT2D eigenvalue weighted by Crippen LogP contribution is 2.18. The second kappa shape index (κ2) is 7.10. The molecule has 0 aliphatic carbocycles. The molecule has 0 aliphatic rings. The van der Waals surface area contributed by atoms with E-state index in [4.69, 9.17) is 5.11 Å². The molecule has 0 unspecified atom stereocenters. The van der Waals surface area contributed by atoms with E-state index < -0.39 is 5.97 Å². The summed E-state index contributed by atoms with van der Waals surface area (Å²) in [5.74, 6) is -0.846. The van der Waals surface area contributed by atoms with Gasteiger partial charge in [-0.15, -0.1) is 11.3 Å². The van der Waals surface area contributed by atoms with Crippen LogP contribution in [0.25, 0.3) is 0 Å². The molecule has 0 fully saturated rings. The number of aliphatic carboxylic acids is 1. The molecule has 0 radical (unpaired) electrons. The average Bonchev–Trinajstić information content (AvgIpc) is 2.75. The molecule has 1 aromatic heterocycles. The standard InChI is InChI=1S/C12H18N2O3S/c1-3-8(4-2)11(17)14-12-13-9(7-18-12)5-6-10(15)16/h7-8H,3-6H2,1-2H3,(H,15,16)(H,13,14,17). The average molecular weight is 270 g/mol. The van der Waals surface area contributed by atoms with Gasteiger partial charge in [0, 0.05) is 17.7 Å². The first-order chi connectivity index (χ1) is 8.56. The van der Waals surface area contributed by atoms with Gasteiger partial charge in [0.2, 0.25) is 5.91 Å². The van der Waals surface area contributed by atoms with Gasteiger partial charge in [0.05, 0.1) is 12.1 Å². The Bertz CT molecular complexity index is 413. The fourth-order valence-electron chi connectivity index (χ4n) is 1.58. The molecule has 2 N–H and O–H groups in total. The van der Waals surface area contributed by atoms with Gasteiger partial charge in [-0.25, -0.2) is 4.98 Å². The smallest absolute Gasteiger partial charge is 0.303 e. The molecule has 0 saturated carbocycles. The van der Waals surface area contributed by atoms with Crippen molar-refractivity contribution in [2.24, 2.45) is 5.92 Å². The molecule has 1 aromatic rings. The minimum absolute atomic E-state index is 0.0105. The quantitative estimate of drug-likeness (QED) is 0.798. The summed E-state index contributed by atoms with van der Waals surface area (Å²) in [5.41, 5.74) is 0.710. The van der Waals surface area contributed by atoms with Crippen molar-refractivity contribution in [1.82, 2.24) is 4.98 Å². The number of nitrogens with zero attached hydrogens (tertiary/aromatic N) is 1. The lowest BCUT2D eigenvalue weighted by Gasteiger charge is -2.10. The van der Waals surface area contributed by atoms with E-state index >= 15 is 0 Å². The summed E-state index contributed by atoms with van der Waals surface area (Å²) in [6, 6.07) is 0. The Morgan fingerprint density at radius 2 is 2.11 bits per heavy atom. The number of nitrogens with one attached hydrogen (secondary N) is 1. The first-order valence-corrected chi connectivity index (χ1v) is 6.91. The summed E-state index contributed by atoms with van der Waals surface area (Å²) in [7, 11) is 0. The Labute approximate surface area is 110 Å². The number of aryl methyl sites for hydroxylation is 1. The van der Waals surface area contributed by atoms with Gasteiger partial charge < -0.3 is 10.4 Å². The summed E-state index contributed by atoms with van der Waals surface area (Å²) < 4.78 is 0. The highest BCUT2D eigenvalue weighted by atomic mass is 32.1. The van der Waals surface area contributed by atoms with Crippen molar-refractivity contribution >= 4 is 28.3 Å². The number of thiazole rings is 1. The number of rotatable bonds is 7. The van der Waals surface area contributed by atoms with E-state index in [1.807, 2.05) is 13.8 Å². The van der Waals surface area contributed by atoms with Gasteiger partial charge in [-0.3, -0.25) is 9.59 Å². The zero-order chi connectivity index (χ0) is 13.5. The maximum atomic E-state index is 11.8. The van der Waals surface area contributed by atoms with E-state index in [2.05, 4.69) is 10.3 Å². The molecule has 18 heavy (non-hydrogen) atoms. The molecule has 0 aromatic carbocycles. The molecule has 0 aliphatic heterocycles. The highest BCUT2D eigenvalue weighted by molar-refractivity contribution is 7.13. The molecule has 1 heterocycles. The Balaban J connectivity index is 2.53. The number of anilines is 1. The lowest BCUT2D eigenvalue weighted by Crippen LogP contribution is -2.21. The molecule has 0 bridgehead atoms. The summed E-state index contributed by atoms with van der Waals surface area (Å²) in [5, 5.41) is 13.7. The lowest BCUT2D eigenvalue weighted by atomic mass is 10.0. The number of aromatic nitrogens is 1. The van der Waals surface area contributed by atoms with Crippen LogP contribution < -0.4 is 5.32 Å². The number of carbonyl (C=O) groups is 2. The predicted molar refractivity (Wildman–Crippen MR) is 70.8 cm³/mol. The van der Waals surface area contributed by atoms with E-state index in [-0.39, 0.29) is 18.2 Å². The van der Waals surface area contributed by atoms with Crippen molar-refractivity contribution in [1.29, 1.82) is 0 Å². The van der Waals surface area contributed by atoms with Gasteiger partial charge in [0.25, 0.3) is 0 Å². The summed E-state index contributed by atoms with van der Waals surface area (Å²) in [4.78, 5) is 26.4. The third-order valence-corrected chi connectivity index (χ3v) is 3.54. The zero-order valence-electron chi connectivity index (χ0n) is 10.6. The van der Waals surface area contributed by atoms with Crippen LogP contribution in [0.15, 0.2) is 5.38 Å². The fraction of sp³-hybridized carbons (Fsp3) is 0.583. The van der Waals surface area contributed by atoms with E-state index in [9.17, 15) is 9.59 Å². The Morgan fingerprint density at radius 3 is 2.67 bits per heavy atom. The van der Waals surface area contributed by atoms with Crippen molar-refractivity contribution in [3.05, 3.63) is 11.1 Å². The van der Waals surface area contributed by atoms with Crippen molar-refractivity contribution in [2.45, 2.75) is 39.5 Å². The van der Waals surface area contributed by atoms with E-state index in [0.29, 0.717) is 17.2 Å². The molecule has 0 atom stereocenters. The van der Waals surface area contributed by atoms with E-state index in [0.717, 1.165) is 12.8 Å². The van der Waals surface area contributed by atoms with Crippen LogP contribution in [0.5, 0.6) is 0 Å². The first kappa shape index (κ1) is 14.6. The Hall–Kier alpha value is -1.43. The van der Waals surface area contributed by atoms with Crippen LogP contribution in [-0.2, 0) is 16.0 Å². The number of amides is 1. The lowest BCUT2D eigenvalue weighted by molar-refractivity contribution is -0.137. The largest absolute Gasteiger partial charge is 0.481 e. The summed E-state index contributed by atoms with van der Waals surface area (Å²) in [6.07, 6.45) is 2.06. The van der Waals surface area contributed by atoms with Crippen LogP contribution in [0, 0.1) is 5.92 Å². The van der Waals surface area contributed by atoms with Gasteiger partial charge in [0.15, 0.2) is 5.13 Å². The normalized spacial score (nSPS) is 10.6. The molecule has 5 nitrogen and oxygen atoms in total. The van der Waals surface area contributed by atoms with Gasteiger partial charge in [-0.1, -0.05) is 13.8 Å². The van der Waals surface area contributed by atoms with Crippen molar-refractivity contribution in [2.75, 3.05) is 5.32 Å².